The molecule has 10 aromatic rings. The predicted octanol–water partition coefficient (Wildman–Crippen LogP) is 11.0. The van der Waals surface area contributed by atoms with Crippen molar-refractivity contribution in [3.05, 3.63) is 188 Å². The minimum Gasteiger partial charge on any atom is -0.343 e. The van der Waals surface area contributed by atoms with E-state index in [1.165, 1.54) is 0 Å². The number of fused-ring (bicyclic) bond motifs is 10. The van der Waals surface area contributed by atoms with Crippen LogP contribution in [0.2, 0.25) is 0 Å². The number of anilines is 6. The van der Waals surface area contributed by atoms with E-state index >= 15 is 0 Å². The number of para-hydroxylation sites is 8. The van der Waals surface area contributed by atoms with E-state index in [1.807, 2.05) is 18.2 Å². The maximum atomic E-state index is 5.35. The van der Waals surface area contributed by atoms with Gasteiger partial charge in [-0.15, -0.1) is 0 Å². The quantitative estimate of drug-likeness (QED) is 0.165. The Hall–Kier alpha value is -7.65. The molecule has 0 atom stereocenters. The first-order chi connectivity index (χ1) is 27.8. The molecule has 0 amide bonds. The molecule has 3 aromatic heterocycles. The average molecular weight is 719 g/mol. The van der Waals surface area contributed by atoms with Gasteiger partial charge in [0.25, 0.3) is 0 Å². The lowest BCUT2D eigenvalue weighted by Crippen LogP contribution is -2.52. The van der Waals surface area contributed by atoms with Gasteiger partial charge in [0, 0.05) is 16.8 Å². The fraction of sp³-hybridized carbons (Fsp3) is 0. The van der Waals surface area contributed by atoms with Crippen LogP contribution in [0.25, 0.3) is 56.0 Å². The molecule has 0 aliphatic carbocycles. The molecule has 2 aliphatic rings. The summed E-state index contributed by atoms with van der Waals surface area (Å²) in [5, 5.41) is 0. The molecule has 0 saturated heterocycles. The molecule has 262 valence electrons. The van der Waals surface area contributed by atoms with Crippen LogP contribution in [0.15, 0.2) is 188 Å². The summed E-state index contributed by atoms with van der Waals surface area (Å²) in [6, 6.07) is 65.8. The zero-order chi connectivity index (χ0) is 36.7. The van der Waals surface area contributed by atoms with Crippen molar-refractivity contribution in [1.29, 1.82) is 0 Å². The van der Waals surface area contributed by atoms with Crippen LogP contribution in [-0.4, -0.2) is 31.0 Å². The molecule has 7 aromatic carbocycles. The fourth-order valence-corrected chi connectivity index (χ4v) is 8.64. The third-order valence-corrected chi connectivity index (χ3v) is 11.0. The lowest BCUT2D eigenvalue weighted by molar-refractivity contribution is 1.10. The van der Waals surface area contributed by atoms with Crippen molar-refractivity contribution in [1.82, 2.24) is 23.9 Å². The Bertz CT molecular complexity index is 3080. The summed E-state index contributed by atoms with van der Waals surface area (Å²) in [5.74, 6) is 1.50. The normalized spacial score (nSPS) is 13.2. The monoisotopic (exact) mass is 718 g/mol. The van der Waals surface area contributed by atoms with Crippen LogP contribution in [-0.2, 0) is 0 Å². The summed E-state index contributed by atoms with van der Waals surface area (Å²) >= 11 is 0. The molecule has 0 unspecified atom stereocenters. The van der Waals surface area contributed by atoms with Crippen molar-refractivity contribution < 1.29 is 0 Å². The Balaban J connectivity index is 1.08. The summed E-state index contributed by atoms with van der Waals surface area (Å²) in [6.07, 6.45) is 0. The largest absolute Gasteiger partial charge is 0.521 e. The molecule has 0 bridgehead atoms. The van der Waals surface area contributed by atoms with E-state index in [2.05, 4.69) is 193 Å². The number of rotatable bonds is 5. The van der Waals surface area contributed by atoms with Crippen molar-refractivity contribution in [2.75, 3.05) is 14.4 Å². The second-order valence-corrected chi connectivity index (χ2v) is 14.2. The van der Waals surface area contributed by atoms with Crippen molar-refractivity contribution in [2.45, 2.75) is 0 Å². The topological polar surface area (TPSA) is 57.7 Å². The first-order valence-corrected chi connectivity index (χ1v) is 18.8. The summed E-state index contributed by atoms with van der Waals surface area (Å²) in [4.78, 5) is 23.0. The summed E-state index contributed by atoms with van der Waals surface area (Å²) in [7, 11) is -0.329. The molecule has 0 saturated carbocycles. The molecule has 5 heterocycles. The fourth-order valence-electron chi connectivity index (χ4n) is 8.64. The zero-order valence-corrected chi connectivity index (χ0v) is 30.1. The van der Waals surface area contributed by atoms with E-state index < -0.39 is 0 Å². The van der Waals surface area contributed by atoms with E-state index in [0.717, 1.165) is 84.5 Å². The Morgan fingerprint density at radius 3 is 1.55 bits per heavy atom. The van der Waals surface area contributed by atoms with Gasteiger partial charge in [0.05, 0.1) is 61.9 Å². The minimum atomic E-state index is -0.329. The zero-order valence-electron chi connectivity index (χ0n) is 30.1. The second kappa shape index (κ2) is 11.9. The average Bonchev–Trinajstić information content (AvgIpc) is 4.00. The standard InChI is InChI=1S/C47H31BN8/c1-3-16-32(17-4-1)37-31-38(33-18-5-2-6-19-33)50-46(49-37)56-45-29-14-13-28-44(45)55-43-27-12-11-26-42(43)54(48(55)56)35-21-15-20-34(30-35)52-40-24-9-10-25-41(40)53-39-23-8-7-22-36(39)51-47(52)53/h1-31H. The molecule has 0 N–H and O–H groups in total. The Kier molecular flexibility index (Phi) is 6.56. The van der Waals surface area contributed by atoms with Gasteiger partial charge in [-0.25, -0.2) is 15.0 Å². The predicted molar refractivity (Wildman–Crippen MR) is 227 cm³/mol. The maximum Gasteiger partial charge on any atom is 0.521 e. The van der Waals surface area contributed by atoms with Crippen molar-refractivity contribution in [2.24, 2.45) is 0 Å². The number of benzene rings is 7. The van der Waals surface area contributed by atoms with Gasteiger partial charge in [0.2, 0.25) is 11.7 Å². The summed E-state index contributed by atoms with van der Waals surface area (Å²) in [6.45, 7) is 0. The van der Waals surface area contributed by atoms with Crippen LogP contribution in [0.5, 0.6) is 0 Å². The Morgan fingerprint density at radius 2 is 0.893 bits per heavy atom. The van der Waals surface area contributed by atoms with Gasteiger partial charge in [-0.2, -0.15) is 0 Å². The smallest absolute Gasteiger partial charge is 0.343 e. The number of imidazole rings is 2. The lowest BCUT2D eigenvalue weighted by Gasteiger charge is -2.31. The van der Waals surface area contributed by atoms with E-state index in [-0.39, 0.29) is 7.12 Å². The highest BCUT2D eigenvalue weighted by Crippen LogP contribution is 2.55. The molecule has 12 rings (SSSR count). The molecular formula is C47H31BN8. The van der Waals surface area contributed by atoms with Crippen LogP contribution in [0.3, 0.4) is 0 Å². The molecule has 0 fully saturated rings. The summed E-state index contributed by atoms with van der Waals surface area (Å²) in [5.41, 5.74) is 14.5. The first kappa shape index (κ1) is 30.8. The van der Waals surface area contributed by atoms with Crippen molar-refractivity contribution >= 4 is 69.3 Å². The molecule has 8 nitrogen and oxygen atoms in total. The van der Waals surface area contributed by atoms with Gasteiger partial charge in [0.15, 0.2) is 0 Å². The van der Waals surface area contributed by atoms with E-state index in [4.69, 9.17) is 15.0 Å². The first-order valence-electron chi connectivity index (χ1n) is 18.8. The highest BCUT2D eigenvalue weighted by Gasteiger charge is 2.54. The van der Waals surface area contributed by atoms with Crippen molar-refractivity contribution in [3.63, 3.8) is 0 Å². The van der Waals surface area contributed by atoms with E-state index in [9.17, 15) is 0 Å². The van der Waals surface area contributed by atoms with Gasteiger partial charge in [-0.05, 0) is 72.8 Å². The van der Waals surface area contributed by atoms with Gasteiger partial charge >= 0.3 is 7.12 Å². The Labute approximate surface area is 322 Å². The van der Waals surface area contributed by atoms with Crippen molar-refractivity contribution in [3.8, 4) is 28.2 Å². The van der Waals surface area contributed by atoms with E-state index in [0.29, 0.717) is 5.95 Å². The SMILES string of the molecule is c1ccc(-c2cc(-c3ccccc3)nc(N3B4N(c5cccc(-n6c7ccccc7n7c8ccccc8nc67)c5)c5ccccc5N4c4ccccc43)n2)cc1. The van der Waals surface area contributed by atoms with Gasteiger partial charge in [-0.1, -0.05) is 115 Å². The van der Waals surface area contributed by atoms with Crippen LogP contribution in [0, 0.1) is 0 Å². The van der Waals surface area contributed by atoms with Crippen LogP contribution >= 0.6 is 0 Å². The third-order valence-electron chi connectivity index (χ3n) is 11.0. The second-order valence-electron chi connectivity index (χ2n) is 14.2. The number of hydrogen-bond donors (Lipinski definition) is 0. The number of aromatic nitrogens is 5. The third kappa shape index (κ3) is 4.45. The van der Waals surface area contributed by atoms with Crippen LogP contribution in [0.4, 0.5) is 34.4 Å². The molecule has 56 heavy (non-hydrogen) atoms. The van der Waals surface area contributed by atoms with Gasteiger partial charge in [-0.3, -0.25) is 8.97 Å². The molecule has 2 aliphatic heterocycles. The molecule has 0 spiro atoms. The highest BCUT2D eigenvalue weighted by molar-refractivity contribution is 6.79. The number of hydrogen-bond acceptors (Lipinski definition) is 6. The van der Waals surface area contributed by atoms with Crippen LogP contribution < -0.4 is 14.4 Å². The number of nitrogens with zero attached hydrogens (tertiary/aromatic N) is 8. The minimum absolute atomic E-state index is 0.329. The van der Waals surface area contributed by atoms with Gasteiger partial charge < -0.3 is 14.4 Å². The van der Waals surface area contributed by atoms with Crippen LogP contribution in [0.1, 0.15) is 0 Å². The molecule has 0 radical (unpaired) electrons. The van der Waals surface area contributed by atoms with E-state index in [1.54, 1.807) is 0 Å². The molecule has 9 heteroatoms. The van der Waals surface area contributed by atoms with Gasteiger partial charge in [0.1, 0.15) is 0 Å². The summed E-state index contributed by atoms with van der Waals surface area (Å²) < 4.78 is 4.54. The lowest BCUT2D eigenvalue weighted by atomic mass is 9.87. The Morgan fingerprint density at radius 1 is 0.375 bits per heavy atom. The maximum absolute atomic E-state index is 5.35. The highest BCUT2D eigenvalue weighted by atomic mass is 15.5. The molecular weight excluding hydrogens is 687 g/mol.